The zero-order valence-corrected chi connectivity index (χ0v) is 10.3. The minimum atomic E-state index is -3.13. The van der Waals surface area contributed by atoms with E-state index >= 15 is 0 Å². The molecule has 0 spiro atoms. The van der Waals surface area contributed by atoms with E-state index in [0.29, 0.717) is 12.8 Å². The highest BCUT2D eigenvalue weighted by Crippen LogP contribution is 2.19. The molecule has 0 aromatic carbocycles. The van der Waals surface area contributed by atoms with Crippen molar-refractivity contribution < 1.29 is 13.5 Å². The highest BCUT2D eigenvalue weighted by atomic mass is 32.2. The molecule has 0 unspecified atom stereocenters. The first-order valence-corrected chi connectivity index (χ1v) is 7.22. The first-order chi connectivity index (χ1) is 6.89. The van der Waals surface area contributed by atoms with Crippen LogP contribution in [0.3, 0.4) is 0 Å². The van der Waals surface area contributed by atoms with Crippen molar-refractivity contribution in [2.75, 3.05) is 5.75 Å². The molecule has 1 rings (SSSR count). The second-order valence-electron chi connectivity index (χ2n) is 4.80. The largest absolute Gasteiger partial charge is 0.393 e. The zero-order chi connectivity index (χ0) is 11.5. The van der Waals surface area contributed by atoms with Crippen molar-refractivity contribution in [3.8, 4) is 0 Å². The van der Waals surface area contributed by atoms with Crippen molar-refractivity contribution in [1.82, 2.24) is 4.72 Å². The van der Waals surface area contributed by atoms with Crippen LogP contribution in [0.25, 0.3) is 0 Å². The highest BCUT2D eigenvalue weighted by Gasteiger charge is 2.23. The molecular formula is C10H21NO3S. The molecule has 0 aromatic rings. The molecule has 1 aliphatic carbocycles. The summed E-state index contributed by atoms with van der Waals surface area (Å²) in [4.78, 5) is 0. The number of nitrogens with one attached hydrogen (secondary N) is 1. The third kappa shape index (κ3) is 4.95. The average molecular weight is 235 g/mol. The average Bonchev–Trinajstić information content (AvgIpc) is 2.06. The standard InChI is InChI=1S/C10H21NO3S/c1-8(2)7-15(13,14)11-9-3-5-10(12)6-4-9/h8-12H,3-7H2,1-2H3. The van der Waals surface area contributed by atoms with E-state index in [9.17, 15) is 13.5 Å². The van der Waals surface area contributed by atoms with Crippen molar-refractivity contribution in [2.45, 2.75) is 51.7 Å². The fraction of sp³-hybridized carbons (Fsp3) is 1.00. The van der Waals surface area contributed by atoms with E-state index in [4.69, 9.17) is 0 Å². The van der Waals surface area contributed by atoms with Gasteiger partial charge in [0.25, 0.3) is 0 Å². The molecule has 0 heterocycles. The van der Waals surface area contributed by atoms with Crippen molar-refractivity contribution in [2.24, 2.45) is 5.92 Å². The van der Waals surface area contributed by atoms with Crippen molar-refractivity contribution in [3.63, 3.8) is 0 Å². The number of hydrogen-bond acceptors (Lipinski definition) is 3. The van der Waals surface area contributed by atoms with Gasteiger partial charge in [0.1, 0.15) is 0 Å². The van der Waals surface area contributed by atoms with Gasteiger partial charge in [0.2, 0.25) is 10.0 Å². The molecule has 5 heteroatoms. The predicted molar refractivity (Wildman–Crippen MR) is 60.0 cm³/mol. The molecule has 0 aliphatic heterocycles. The predicted octanol–water partition coefficient (Wildman–Crippen LogP) is 0.865. The smallest absolute Gasteiger partial charge is 0.212 e. The highest BCUT2D eigenvalue weighted by molar-refractivity contribution is 7.89. The van der Waals surface area contributed by atoms with Crippen molar-refractivity contribution >= 4 is 10.0 Å². The maximum Gasteiger partial charge on any atom is 0.212 e. The van der Waals surface area contributed by atoms with E-state index in [1.54, 1.807) is 0 Å². The normalized spacial score (nSPS) is 28.3. The summed E-state index contributed by atoms with van der Waals surface area (Å²) in [6.45, 7) is 3.79. The molecule has 15 heavy (non-hydrogen) atoms. The van der Waals surface area contributed by atoms with Gasteiger partial charge < -0.3 is 5.11 Å². The summed E-state index contributed by atoms with van der Waals surface area (Å²) in [7, 11) is -3.13. The molecule has 0 saturated heterocycles. The molecule has 90 valence electrons. The quantitative estimate of drug-likeness (QED) is 0.759. The van der Waals surface area contributed by atoms with Crippen LogP contribution >= 0.6 is 0 Å². The molecule has 0 aromatic heterocycles. The summed E-state index contributed by atoms with van der Waals surface area (Å²) in [5.74, 6) is 0.336. The molecule has 0 radical (unpaired) electrons. The van der Waals surface area contributed by atoms with Gasteiger partial charge in [0.05, 0.1) is 11.9 Å². The number of sulfonamides is 1. The van der Waals surface area contributed by atoms with Crippen LogP contribution in [0.4, 0.5) is 0 Å². The Bertz CT molecular complexity index is 279. The van der Waals surface area contributed by atoms with Gasteiger partial charge in [-0.05, 0) is 31.6 Å². The number of aliphatic hydroxyl groups is 1. The minimum Gasteiger partial charge on any atom is -0.393 e. The SMILES string of the molecule is CC(C)CS(=O)(=O)NC1CCC(O)CC1. The summed E-state index contributed by atoms with van der Waals surface area (Å²) >= 11 is 0. The summed E-state index contributed by atoms with van der Waals surface area (Å²) in [5, 5.41) is 9.29. The van der Waals surface area contributed by atoms with E-state index < -0.39 is 10.0 Å². The van der Waals surface area contributed by atoms with Crippen LogP contribution in [-0.2, 0) is 10.0 Å². The molecule has 0 amide bonds. The molecule has 4 nitrogen and oxygen atoms in total. The fourth-order valence-corrected chi connectivity index (χ4v) is 3.65. The van der Waals surface area contributed by atoms with Gasteiger partial charge in [0, 0.05) is 6.04 Å². The van der Waals surface area contributed by atoms with Crippen LogP contribution in [-0.4, -0.2) is 31.4 Å². The van der Waals surface area contributed by atoms with Gasteiger partial charge in [-0.15, -0.1) is 0 Å². The summed E-state index contributed by atoms with van der Waals surface area (Å²) in [6, 6.07) is 0.0251. The van der Waals surface area contributed by atoms with Crippen molar-refractivity contribution in [1.29, 1.82) is 0 Å². The monoisotopic (exact) mass is 235 g/mol. The van der Waals surface area contributed by atoms with Crippen molar-refractivity contribution in [3.05, 3.63) is 0 Å². The van der Waals surface area contributed by atoms with Gasteiger partial charge in [-0.1, -0.05) is 13.8 Å². The maximum atomic E-state index is 11.6. The fourth-order valence-electron chi connectivity index (χ4n) is 1.93. The Kier molecular flexibility index (Phi) is 4.55. The lowest BCUT2D eigenvalue weighted by atomic mass is 9.94. The van der Waals surface area contributed by atoms with Crippen LogP contribution in [0.15, 0.2) is 0 Å². The van der Waals surface area contributed by atoms with Crippen LogP contribution < -0.4 is 4.72 Å². The Labute approximate surface area is 92.1 Å². The lowest BCUT2D eigenvalue weighted by Gasteiger charge is -2.26. The van der Waals surface area contributed by atoms with Gasteiger partial charge in [0.15, 0.2) is 0 Å². The Hall–Kier alpha value is -0.130. The maximum absolute atomic E-state index is 11.6. The van der Waals surface area contributed by atoms with Crippen LogP contribution in [0.5, 0.6) is 0 Å². The number of rotatable bonds is 4. The Morgan fingerprint density at radius 3 is 2.27 bits per heavy atom. The first kappa shape index (κ1) is 12.9. The zero-order valence-electron chi connectivity index (χ0n) is 9.44. The lowest BCUT2D eigenvalue weighted by Crippen LogP contribution is -2.40. The molecule has 1 aliphatic rings. The van der Waals surface area contributed by atoms with Gasteiger partial charge in [-0.3, -0.25) is 0 Å². The molecule has 1 fully saturated rings. The van der Waals surface area contributed by atoms with E-state index in [1.165, 1.54) is 0 Å². The first-order valence-electron chi connectivity index (χ1n) is 5.57. The topological polar surface area (TPSA) is 66.4 Å². The van der Waals surface area contributed by atoms with E-state index in [2.05, 4.69) is 4.72 Å². The van der Waals surface area contributed by atoms with Gasteiger partial charge in [-0.2, -0.15) is 0 Å². The van der Waals surface area contributed by atoms with Crippen LogP contribution in [0, 0.1) is 5.92 Å². The Morgan fingerprint density at radius 1 is 1.27 bits per heavy atom. The summed E-state index contributed by atoms with van der Waals surface area (Å²) in [5.41, 5.74) is 0. The molecule has 2 N–H and O–H groups in total. The van der Waals surface area contributed by atoms with E-state index in [-0.39, 0.29) is 23.8 Å². The van der Waals surface area contributed by atoms with Crippen LogP contribution in [0.2, 0.25) is 0 Å². The third-order valence-corrected chi connectivity index (χ3v) is 4.39. The second kappa shape index (κ2) is 5.27. The van der Waals surface area contributed by atoms with E-state index in [0.717, 1.165) is 12.8 Å². The Balaban J connectivity index is 2.41. The van der Waals surface area contributed by atoms with E-state index in [1.807, 2.05) is 13.8 Å². The lowest BCUT2D eigenvalue weighted by molar-refractivity contribution is 0.120. The summed E-state index contributed by atoms with van der Waals surface area (Å²) in [6.07, 6.45) is 2.66. The second-order valence-corrected chi connectivity index (χ2v) is 6.60. The van der Waals surface area contributed by atoms with Gasteiger partial charge >= 0.3 is 0 Å². The minimum absolute atomic E-state index is 0.0251. The Morgan fingerprint density at radius 2 is 1.80 bits per heavy atom. The number of hydrogen-bond donors (Lipinski definition) is 2. The molecule has 0 bridgehead atoms. The molecular weight excluding hydrogens is 214 g/mol. The number of aliphatic hydroxyl groups excluding tert-OH is 1. The van der Waals surface area contributed by atoms with Gasteiger partial charge in [-0.25, -0.2) is 13.1 Å². The summed E-state index contributed by atoms with van der Waals surface area (Å²) < 4.78 is 25.9. The molecule has 1 saturated carbocycles. The third-order valence-electron chi connectivity index (χ3n) is 2.60. The van der Waals surface area contributed by atoms with Crippen LogP contribution in [0.1, 0.15) is 39.5 Å². The molecule has 0 atom stereocenters.